The van der Waals surface area contributed by atoms with Gasteiger partial charge in [0.1, 0.15) is 24.8 Å². The quantitative estimate of drug-likeness (QED) is 0.0671. The van der Waals surface area contributed by atoms with Gasteiger partial charge in [-0.2, -0.15) is 19.9 Å². The molecule has 0 bridgehead atoms. The van der Waals surface area contributed by atoms with Gasteiger partial charge >= 0.3 is 12.0 Å². The van der Waals surface area contributed by atoms with E-state index in [0.717, 1.165) is 127 Å². The van der Waals surface area contributed by atoms with Crippen molar-refractivity contribution in [2.45, 2.75) is 115 Å². The van der Waals surface area contributed by atoms with E-state index in [1.54, 1.807) is 14.2 Å². The second-order valence-corrected chi connectivity index (χ2v) is 23.4. The zero-order valence-corrected chi connectivity index (χ0v) is 48.5. The van der Waals surface area contributed by atoms with E-state index in [9.17, 15) is 0 Å². The third kappa shape index (κ3) is 11.9. The molecular formula is C64H80N14O3. The van der Waals surface area contributed by atoms with Crippen molar-refractivity contribution < 1.29 is 14.2 Å². The smallest absolute Gasteiger partial charge is 0.318 e. The molecule has 1 unspecified atom stereocenters. The Morgan fingerprint density at radius 3 is 1.79 bits per heavy atom. The summed E-state index contributed by atoms with van der Waals surface area (Å²) >= 11 is 0. The number of benzene rings is 4. The van der Waals surface area contributed by atoms with Gasteiger partial charge in [0.05, 0.1) is 61.7 Å². The van der Waals surface area contributed by atoms with Gasteiger partial charge in [0.15, 0.2) is 0 Å². The van der Waals surface area contributed by atoms with E-state index in [-0.39, 0.29) is 18.1 Å². The fourth-order valence-corrected chi connectivity index (χ4v) is 13.6. The van der Waals surface area contributed by atoms with Crippen LogP contribution in [0.3, 0.4) is 0 Å². The Labute approximate surface area is 477 Å². The number of likely N-dealkylation sites (tertiary alicyclic amines) is 2. The van der Waals surface area contributed by atoms with Crippen molar-refractivity contribution in [1.82, 2.24) is 29.7 Å². The molecule has 0 radical (unpaired) electrons. The number of piperidine rings is 2. The van der Waals surface area contributed by atoms with Crippen LogP contribution in [-0.4, -0.2) is 173 Å². The third-order valence-electron chi connectivity index (χ3n) is 18.2. The van der Waals surface area contributed by atoms with Gasteiger partial charge in [-0.15, -0.1) is 0 Å². The SMILES string of the molecule is CN=C=NC1CCN(c2nc(OC[C@@H]3CCCN3C)nc3c2CCN(c2cc(C4C[C@@H](COc5nc6c(c(N7CCC(N=C=NCCOC)CC7)n5)CCN(c5cccc7cccc(C)c57)C6)N(C)C4)cc4cccc(C)c24)C3)CC1. The van der Waals surface area contributed by atoms with Gasteiger partial charge in [-0.25, -0.2) is 20.0 Å². The summed E-state index contributed by atoms with van der Waals surface area (Å²) in [6, 6.07) is 32.6. The minimum Gasteiger partial charge on any atom is -0.462 e. The molecule has 3 atom stereocenters. The molecule has 0 aliphatic carbocycles. The third-order valence-corrected chi connectivity index (χ3v) is 18.2. The molecule has 4 fully saturated rings. The number of methoxy groups -OCH3 is 1. The van der Waals surface area contributed by atoms with Crippen molar-refractivity contribution in [3.63, 3.8) is 0 Å². The summed E-state index contributed by atoms with van der Waals surface area (Å²) in [5, 5.41) is 5.15. The average molecular weight is 1090 g/mol. The first-order chi connectivity index (χ1) is 39.7. The molecule has 0 amide bonds. The Morgan fingerprint density at radius 2 is 1.19 bits per heavy atom. The Kier molecular flexibility index (Phi) is 16.6. The molecule has 0 spiro atoms. The van der Waals surface area contributed by atoms with Gasteiger partial charge in [-0.1, -0.05) is 54.6 Å². The predicted molar refractivity (Wildman–Crippen MR) is 324 cm³/mol. The highest BCUT2D eigenvalue weighted by atomic mass is 16.5. The fourth-order valence-electron chi connectivity index (χ4n) is 13.6. The maximum absolute atomic E-state index is 6.84. The highest BCUT2D eigenvalue weighted by Crippen LogP contribution is 2.42. The average Bonchev–Trinajstić information content (AvgIpc) is 4.22. The molecule has 4 aromatic carbocycles. The van der Waals surface area contributed by atoms with E-state index in [2.05, 4.69) is 156 Å². The molecule has 6 aliphatic rings. The molecule has 17 nitrogen and oxygen atoms in total. The van der Waals surface area contributed by atoms with Crippen molar-refractivity contribution in [3.8, 4) is 12.0 Å². The summed E-state index contributed by atoms with van der Waals surface area (Å²) < 4.78 is 18.5. The summed E-state index contributed by atoms with van der Waals surface area (Å²) in [5.41, 5.74) is 11.0. The minimum atomic E-state index is 0.181. The topological polar surface area (TPSA) is 148 Å². The zero-order chi connectivity index (χ0) is 55.4. The number of anilines is 4. The number of hydrogen-bond donors (Lipinski definition) is 0. The highest BCUT2D eigenvalue weighted by molar-refractivity contribution is 5.98. The Hall–Kier alpha value is -7.00. The Bertz CT molecular complexity index is 3350. The van der Waals surface area contributed by atoms with Gasteiger partial charge in [0.2, 0.25) is 0 Å². The van der Waals surface area contributed by atoms with Gasteiger partial charge < -0.3 is 38.7 Å². The number of nitrogens with zero attached hydrogens (tertiary/aromatic N) is 14. The van der Waals surface area contributed by atoms with Crippen LogP contribution >= 0.6 is 0 Å². The van der Waals surface area contributed by atoms with Gasteiger partial charge in [-0.3, -0.25) is 4.90 Å². The second kappa shape index (κ2) is 24.6. The first-order valence-corrected chi connectivity index (χ1v) is 29.8. The van der Waals surface area contributed by atoms with Gasteiger partial charge in [0, 0.05) is 105 Å². The van der Waals surface area contributed by atoms with Crippen molar-refractivity contribution in [2.24, 2.45) is 20.0 Å². The normalized spacial score (nSPS) is 21.0. The van der Waals surface area contributed by atoms with E-state index in [4.69, 9.17) is 34.1 Å². The lowest BCUT2D eigenvalue weighted by atomic mass is 9.91. The highest BCUT2D eigenvalue weighted by Gasteiger charge is 2.35. The molecule has 6 aromatic rings. The number of aliphatic imine (C=N–C) groups is 4. The number of aryl methyl sites for hydroxylation is 2. The van der Waals surface area contributed by atoms with Crippen LogP contribution in [0.1, 0.15) is 90.1 Å². The van der Waals surface area contributed by atoms with E-state index >= 15 is 0 Å². The summed E-state index contributed by atoms with van der Waals surface area (Å²) in [6.45, 7) is 15.3. The lowest BCUT2D eigenvalue weighted by Gasteiger charge is -2.36. The Morgan fingerprint density at radius 1 is 0.605 bits per heavy atom. The summed E-state index contributed by atoms with van der Waals surface area (Å²) in [5.74, 6) is 2.35. The lowest BCUT2D eigenvalue weighted by Crippen LogP contribution is -2.39. The van der Waals surface area contributed by atoms with Crippen LogP contribution in [0, 0.1) is 13.8 Å². The Balaban J connectivity index is 0.792. The maximum atomic E-state index is 6.84. The minimum absolute atomic E-state index is 0.181. The monoisotopic (exact) mass is 1090 g/mol. The number of ether oxygens (including phenoxy) is 3. The predicted octanol–water partition coefficient (Wildman–Crippen LogP) is 9.22. The van der Waals surface area contributed by atoms with Crippen molar-refractivity contribution in [1.29, 1.82) is 0 Å². The standard InChI is InChI=1S/C64H80N14O3/c1-43-11-7-13-45-14-9-17-57(59(43)45)77-30-22-53-55(37-77)69-64(72-61(53)76-28-20-50(21-29-76)68-42-66-24-32-79-6)81-40-52-34-48(36-74(52)5)47-33-46-15-8-12-44(2)60(46)58(35-47)78-31-23-54-56(38-78)70-63(80-39-51-16-10-25-73(51)4)71-62(54)75-26-18-49(19-27-75)67-41-65-3/h7-9,11-15,17,33,35,48-52H,10,16,18-32,34,36-40H2,1-6H3/t48?,51-,52-/m0/s1. The van der Waals surface area contributed by atoms with Crippen LogP contribution in [-0.2, 0) is 30.7 Å². The lowest BCUT2D eigenvalue weighted by molar-refractivity contribution is 0.187. The van der Waals surface area contributed by atoms with E-state index in [1.807, 2.05) is 0 Å². The molecule has 12 rings (SSSR count). The number of rotatable bonds is 16. The number of fused-ring (bicyclic) bond motifs is 4. The van der Waals surface area contributed by atoms with Crippen LogP contribution in [0.4, 0.5) is 23.0 Å². The first-order valence-electron chi connectivity index (χ1n) is 29.8. The van der Waals surface area contributed by atoms with Gasteiger partial charge in [0.25, 0.3) is 0 Å². The fraction of sp³-hybridized carbons (Fsp3) is 0.531. The molecular weight excluding hydrogens is 1010 g/mol. The summed E-state index contributed by atoms with van der Waals surface area (Å²) in [4.78, 5) is 53.4. The molecule has 8 heterocycles. The number of aromatic nitrogens is 4. The summed E-state index contributed by atoms with van der Waals surface area (Å²) in [6.07, 6.45) is 8.70. The largest absolute Gasteiger partial charge is 0.462 e. The molecule has 0 N–H and O–H groups in total. The first kappa shape index (κ1) is 54.6. The van der Waals surface area contributed by atoms with Crippen molar-refractivity contribution in [2.75, 3.05) is 127 Å². The maximum Gasteiger partial charge on any atom is 0.318 e. The zero-order valence-electron chi connectivity index (χ0n) is 48.5. The molecule has 6 aliphatic heterocycles. The molecule has 2 aromatic heterocycles. The van der Waals surface area contributed by atoms with E-state index in [1.165, 1.54) is 67.2 Å². The van der Waals surface area contributed by atoms with Crippen molar-refractivity contribution >= 4 is 56.6 Å². The van der Waals surface area contributed by atoms with Crippen LogP contribution in [0.2, 0.25) is 0 Å². The molecule has 424 valence electrons. The number of likely N-dealkylation sites (N-methyl/N-ethyl adjacent to an activating group) is 2. The molecule has 17 heteroatoms. The van der Waals surface area contributed by atoms with Crippen LogP contribution in [0.5, 0.6) is 12.0 Å². The van der Waals surface area contributed by atoms with Gasteiger partial charge in [-0.05, 0) is 138 Å². The molecule has 0 saturated carbocycles. The molecule has 4 saturated heterocycles. The van der Waals surface area contributed by atoms with Crippen molar-refractivity contribution in [3.05, 3.63) is 106 Å². The second-order valence-electron chi connectivity index (χ2n) is 23.4. The summed E-state index contributed by atoms with van der Waals surface area (Å²) in [7, 11) is 7.86. The van der Waals surface area contributed by atoms with Crippen LogP contribution in [0.25, 0.3) is 21.5 Å². The number of hydrogen-bond acceptors (Lipinski definition) is 17. The van der Waals surface area contributed by atoms with E-state index in [0.29, 0.717) is 63.4 Å². The van der Waals surface area contributed by atoms with Crippen LogP contribution in [0.15, 0.2) is 86.7 Å². The van der Waals surface area contributed by atoms with Crippen LogP contribution < -0.4 is 29.1 Å². The molecule has 81 heavy (non-hydrogen) atoms. The van der Waals surface area contributed by atoms with E-state index < -0.39 is 0 Å².